The summed E-state index contributed by atoms with van der Waals surface area (Å²) in [5.74, 6) is 3.55. The quantitative estimate of drug-likeness (QED) is 0.579. The van der Waals surface area contributed by atoms with Crippen LogP contribution >= 0.6 is 0 Å². The first-order chi connectivity index (χ1) is 8.27. The normalized spacial score (nSPS) is 12.1. The third-order valence-electron chi connectivity index (χ3n) is 2.57. The van der Waals surface area contributed by atoms with Crippen molar-refractivity contribution in [2.45, 2.75) is 45.6 Å². The van der Waals surface area contributed by atoms with Gasteiger partial charge in [-0.2, -0.15) is 0 Å². The topological polar surface area (TPSA) is 37.8 Å². The molecule has 0 aliphatic carbocycles. The van der Waals surface area contributed by atoms with Crippen molar-refractivity contribution in [2.75, 3.05) is 6.54 Å². The number of hydrogen-bond donors (Lipinski definition) is 1. The summed E-state index contributed by atoms with van der Waals surface area (Å²) < 4.78 is 0. The predicted molar refractivity (Wildman–Crippen MR) is 70.5 cm³/mol. The molecule has 0 radical (unpaired) electrons. The van der Waals surface area contributed by atoms with Crippen LogP contribution in [0.15, 0.2) is 12.4 Å². The number of rotatable bonds is 7. The maximum Gasteiger partial charge on any atom is 0.145 e. The molecule has 0 bridgehead atoms. The van der Waals surface area contributed by atoms with Crippen molar-refractivity contribution in [3.63, 3.8) is 0 Å². The Morgan fingerprint density at radius 1 is 1.41 bits per heavy atom. The highest BCUT2D eigenvalue weighted by atomic mass is 15.0. The molecule has 1 unspecified atom stereocenters. The molecule has 0 aliphatic rings. The Bertz CT molecular complexity index is 351. The lowest BCUT2D eigenvalue weighted by molar-refractivity contribution is 0.466. The fraction of sp³-hybridized carbons (Fsp3) is 0.571. The van der Waals surface area contributed by atoms with Crippen molar-refractivity contribution in [3.8, 4) is 12.3 Å². The van der Waals surface area contributed by atoms with Crippen LogP contribution in [0.1, 0.15) is 50.0 Å². The summed E-state index contributed by atoms with van der Waals surface area (Å²) in [7, 11) is 0. The lowest BCUT2D eigenvalue weighted by Gasteiger charge is -2.16. The SMILES string of the molecule is C#CCCCC(NCCC)c1ncc(C)cn1. The molecule has 1 N–H and O–H groups in total. The molecule has 1 aromatic heterocycles. The first-order valence-electron chi connectivity index (χ1n) is 6.23. The van der Waals surface area contributed by atoms with Crippen molar-refractivity contribution >= 4 is 0 Å². The standard InChI is InChI=1S/C14H21N3/c1-4-6-7-8-13(15-9-5-2)14-16-10-12(3)11-17-14/h1,10-11,13,15H,5-9H2,2-3H3. The summed E-state index contributed by atoms with van der Waals surface area (Å²) in [5.41, 5.74) is 1.09. The molecular weight excluding hydrogens is 210 g/mol. The van der Waals surface area contributed by atoms with E-state index >= 15 is 0 Å². The molecule has 0 aliphatic heterocycles. The van der Waals surface area contributed by atoms with Crippen LogP contribution in [-0.2, 0) is 0 Å². The summed E-state index contributed by atoms with van der Waals surface area (Å²) in [5, 5.41) is 3.47. The number of nitrogens with zero attached hydrogens (tertiary/aromatic N) is 2. The van der Waals surface area contributed by atoms with Gasteiger partial charge < -0.3 is 5.32 Å². The highest BCUT2D eigenvalue weighted by Gasteiger charge is 2.12. The molecule has 1 heterocycles. The first-order valence-corrected chi connectivity index (χ1v) is 6.23. The number of nitrogens with one attached hydrogen (secondary N) is 1. The van der Waals surface area contributed by atoms with Crippen LogP contribution in [-0.4, -0.2) is 16.5 Å². The second-order valence-corrected chi connectivity index (χ2v) is 4.22. The van der Waals surface area contributed by atoms with E-state index in [1.165, 1.54) is 0 Å². The molecule has 1 atom stereocenters. The average Bonchev–Trinajstić information content (AvgIpc) is 2.35. The minimum Gasteiger partial charge on any atom is -0.307 e. The highest BCUT2D eigenvalue weighted by molar-refractivity contribution is 5.04. The molecule has 3 heteroatoms. The summed E-state index contributed by atoms with van der Waals surface area (Å²) in [4.78, 5) is 8.77. The van der Waals surface area contributed by atoms with E-state index in [4.69, 9.17) is 6.42 Å². The van der Waals surface area contributed by atoms with Gasteiger partial charge in [0.15, 0.2) is 0 Å². The Morgan fingerprint density at radius 3 is 2.71 bits per heavy atom. The molecule has 0 aromatic carbocycles. The van der Waals surface area contributed by atoms with E-state index in [0.717, 1.165) is 43.6 Å². The first kappa shape index (κ1) is 13.7. The second-order valence-electron chi connectivity index (χ2n) is 4.22. The molecule has 0 amide bonds. The third kappa shape index (κ3) is 4.97. The molecule has 92 valence electrons. The van der Waals surface area contributed by atoms with Gasteiger partial charge in [-0.05, 0) is 38.3 Å². The van der Waals surface area contributed by atoms with E-state index in [-0.39, 0.29) is 6.04 Å². The zero-order valence-electron chi connectivity index (χ0n) is 10.7. The Balaban J connectivity index is 2.61. The molecule has 1 aromatic rings. The molecular formula is C14H21N3. The Hall–Kier alpha value is -1.40. The van der Waals surface area contributed by atoms with Crippen LogP contribution in [0.25, 0.3) is 0 Å². The number of unbranched alkanes of at least 4 members (excludes halogenated alkanes) is 1. The lowest BCUT2D eigenvalue weighted by Crippen LogP contribution is -2.24. The number of aromatic nitrogens is 2. The average molecular weight is 231 g/mol. The maximum atomic E-state index is 5.27. The van der Waals surface area contributed by atoms with Gasteiger partial charge in [0.1, 0.15) is 5.82 Å². The maximum absolute atomic E-state index is 5.27. The summed E-state index contributed by atoms with van der Waals surface area (Å²) in [6, 6.07) is 0.226. The highest BCUT2D eigenvalue weighted by Crippen LogP contribution is 2.15. The van der Waals surface area contributed by atoms with Gasteiger partial charge in [-0.15, -0.1) is 12.3 Å². The van der Waals surface area contributed by atoms with Gasteiger partial charge in [0, 0.05) is 18.8 Å². The van der Waals surface area contributed by atoms with Crippen LogP contribution in [0.2, 0.25) is 0 Å². The van der Waals surface area contributed by atoms with Crippen molar-refractivity contribution in [3.05, 3.63) is 23.8 Å². The Kier molecular flexibility index (Phi) is 6.27. The van der Waals surface area contributed by atoms with E-state index in [9.17, 15) is 0 Å². The fourth-order valence-electron chi connectivity index (χ4n) is 1.63. The van der Waals surface area contributed by atoms with Gasteiger partial charge in [-0.1, -0.05) is 6.92 Å². The van der Waals surface area contributed by atoms with Gasteiger partial charge in [0.2, 0.25) is 0 Å². The van der Waals surface area contributed by atoms with Crippen LogP contribution in [0.3, 0.4) is 0 Å². The second kappa shape index (κ2) is 7.81. The largest absolute Gasteiger partial charge is 0.307 e. The monoisotopic (exact) mass is 231 g/mol. The van der Waals surface area contributed by atoms with E-state index in [0.29, 0.717) is 0 Å². The number of aryl methyl sites for hydroxylation is 1. The number of terminal acetylenes is 1. The zero-order chi connectivity index (χ0) is 12.5. The molecule has 0 fully saturated rings. The van der Waals surface area contributed by atoms with Crippen molar-refractivity contribution in [1.29, 1.82) is 0 Å². The van der Waals surface area contributed by atoms with Gasteiger partial charge in [-0.3, -0.25) is 0 Å². The summed E-state index contributed by atoms with van der Waals surface area (Å²) >= 11 is 0. The minimum atomic E-state index is 0.226. The van der Waals surface area contributed by atoms with Gasteiger partial charge in [0.05, 0.1) is 6.04 Å². The van der Waals surface area contributed by atoms with Gasteiger partial charge in [-0.25, -0.2) is 9.97 Å². The van der Waals surface area contributed by atoms with E-state index in [1.807, 2.05) is 19.3 Å². The smallest absolute Gasteiger partial charge is 0.145 e. The van der Waals surface area contributed by atoms with Crippen LogP contribution in [0.5, 0.6) is 0 Å². The molecule has 0 spiro atoms. The Morgan fingerprint density at radius 2 is 2.12 bits per heavy atom. The molecule has 0 saturated heterocycles. The van der Waals surface area contributed by atoms with Crippen molar-refractivity contribution < 1.29 is 0 Å². The van der Waals surface area contributed by atoms with E-state index in [2.05, 4.69) is 28.1 Å². The lowest BCUT2D eigenvalue weighted by atomic mass is 10.1. The minimum absolute atomic E-state index is 0.226. The van der Waals surface area contributed by atoms with Crippen molar-refractivity contribution in [1.82, 2.24) is 15.3 Å². The van der Waals surface area contributed by atoms with Gasteiger partial charge >= 0.3 is 0 Å². The fourth-order valence-corrected chi connectivity index (χ4v) is 1.63. The van der Waals surface area contributed by atoms with Crippen molar-refractivity contribution in [2.24, 2.45) is 0 Å². The zero-order valence-corrected chi connectivity index (χ0v) is 10.7. The van der Waals surface area contributed by atoms with Crippen LogP contribution in [0, 0.1) is 19.3 Å². The molecule has 0 saturated carbocycles. The van der Waals surface area contributed by atoms with Gasteiger partial charge in [0.25, 0.3) is 0 Å². The molecule has 3 nitrogen and oxygen atoms in total. The predicted octanol–water partition coefficient (Wildman–Crippen LogP) is 2.63. The molecule has 1 rings (SSSR count). The third-order valence-corrected chi connectivity index (χ3v) is 2.57. The van der Waals surface area contributed by atoms with Crippen LogP contribution < -0.4 is 5.32 Å². The number of hydrogen-bond acceptors (Lipinski definition) is 3. The summed E-state index contributed by atoms with van der Waals surface area (Å²) in [6.45, 7) is 5.13. The Labute approximate surface area is 104 Å². The summed E-state index contributed by atoms with van der Waals surface area (Å²) in [6.07, 6.45) is 12.9. The van der Waals surface area contributed by atoms with Crippen LogP contribution in [0.4, 0.5) is 0 Å². The van der Waals surface area contributed by atoms with E-state index in [1.54, 1.807) is 0 Å². The van der Waals surface area contributed by atoms with E-state index < -0.39 is 0 Å². The molecule has 17 heavy (non-hydrogen) atoms.